The Balaban J connectivity index is 1.84. The van der Waals surface area contributed by atoms with Crippen molar-refractivity contribution >= 4 is 21.9 Å². The molecule has 1 N–H and O–H groups in total. The lowest BCUT2D eigenvalue weighted by atomic mass is 9.96. The van der Waals surface area contributed by atoms with Gasteiger partial charge in [0.05, 0.1) is 12.6 Å². The molecule has 1 atom stereocenters. The van der Waals surface area contributed by atoms with Crippen molar-refractivity contribution in [1.29, 1.82) is 0 Å². The van der Waals surface area contributed by atoms with Crippen molar-refractivity contribution in [3.05, 3.63) is 0 Å². The predicted molar refractivity (Wildman–Crippen MR) is 109 cm³/mol. The smallest absolute Gasteiger partial charge is 0.282 e. The van der Waals surface area contributed by atoms with Gasteiger partial charge < -0.3 is 5.32 Å². The molecule has 1 unspecified atom stereocenters. The second kappa shape index (κ2) is 10.1. The van der Waals surface area contributed by atoms with Gasteiger partial charge in [0.15, 0.2) is 5.78 Å². The van der Waals surface area contributed by atoms with Gasteiger partial charge in [-0.3, -0.25) is 14.5 Å². The van der Waals surface area contributed by atoms with Crippen LogP contribution in [0.1, 0.15) is 52.9 Å². The van der Waals surface area contributed by atoms with Gasteiger partial charge in [0.25, 0.3) is 10.2 Å². The fourth-order valence-corrected chi connectivity index (χ4v) is 5.67. The van der Waals surface area contributed by atoms with Gasteiger partial charge in [-0.2, -0.15) is 17.0 Å². The molecule has 2 rings (SSSR count). The lowest BCUT2D eigenvalue weighted by Crippen LogP contribution is -2.56. The van der Waals surface area contributed by atoms with Crippen molar-refractivity contribution in [3.8, 4) is 0 Å². The highest BCUT2D eigenvalue weighted by Gasteiger charge is 2.35. The van der Waals surface area contributed by atoms with Crippen LogP contribution in [0.3, 0.4) is 0 Å². The zero-order valence-electron chi connectivity index (χ0n) is 17.7. The van der Waals surface area contributed by atoms with Gasteiger partial charge in [0, 0.05) is 39.3 Å². The van der Waals surface area contributed by atoms with Crippen LogP contribution in [-0.2, 0) is 19.8 Å². The van der Waals surface area contributed by atoms with Crippen molar-refractivity contribution in [2.24, 2.45) is 5.92 Å². The quantitative estimate of drug-likeness (QED) is 0.633. The molecule has 0 radical (unpaired) electrons. The third kappa shape index (κ3) is 5.98. The number of ketones is 1. The number of nitrogens with one attached hydrogen (secondary N) is 1. The zero-order chi connectivity index (χ0) is 20.9. The van der Waals surface area contributed by atoms with E-state index in [1.165, 1.54) is 17.6 Å². The van der Waals surface area contributed by atoms with E-state index in [1.807, 2.05) is 18.7 Å². The number of amides is 1. The lowest BCUT2D eigenvalue weighted by Gasteiger charge is -2.38. The van der Waals surface area contributed by atoms with Gasteiger partial charge in [-0.05, 0) is 25.7 Å². The van der Waals surface area contributed by atoms with E-state index in [0.717, 1.165) is 25.7 Å². The molecule has 0 spiro atoms. The zero-order valence-corrected chi connectivity index (χ0v) is 18.5. The number of hydrogen-bond donors (Lipinski definition) is 1. The van der Waals surface area contributed by atoms with Crippen molar-refractivity contribution in [3.63, 3.8) is 0 Å². The molecule has 2 fully saturated rings. The highest BCUT2D eigenvalue weighted by molar-refractivity contribution is 7.86. The number of carbonyl (C=O) groups is 2. The molecule has 1 heterocycles. The van der Waals surface area contributed by atoms with Crippen molar-refractivity contribution < 1.29 is 18.0 Å². The van der Waals surface area contributed by atoms with Crippen LogP contribution in [0.25, 0.3) is 0 Å². The maximum atomic E-state index is 12.9. The first kappa shape index (κ1) is 23.3. The van der Waals surface area contributed by atoms with Crippen LogP contribution in [0.15, 0.2) is 0 Å². The fourth-order valence-electron chi connectivity index (χ4n) is 4.09. The molecule has 28 heavy (non-hydrogen) atoms. The average molecular weight is 417 g/mol. The van der Waals surface area contributed by atoms with Gasteiger partial charge in [0.2, 0.25) is 5.91 Å². The monoisotopic (exact) mass is 416 g/mol. The molecule has 0 bridgehead atoms. The van der Waals surface area contributed by atoms with Gasteiger partial charge in [-0.1, -0.05) is 33.1 Å². The Morgan fingerprint density at radius 2 is 1.64 bits per heavy atom. The van der Waals surface area contributed by atoms with E-state index in [0.29, 0.717) is 26.2 Å². The summed E-state index contributed by atoms with van der Waals surface area (Å²) in [4.78, 5) is 25.9. The van der Waals surface area contributed by atoms with Crippen molar-refractivity contribution in [2.45, 2.75) is 65.0 Å². The van der Waals surface area contributed by atoms with Crippen LogP contribution in [0, 0.1) is 5.92 Å². The van der Waals surface area contributed by atoms with Crippen molar-refractivity contribution in [2.75, 3.05) is 39.8 Å². The summed E-state index contributed by atoms with van der Waals surface area (Å²) in [6.45, 7) is 7.26. The highest BCUT2D eigenvalue weighted by Crippen LogP contribution is 2.25. The van der Waals surface area contributed by atoms with E-state index >= 15 is 0 Å². The summed E-state index contributed by atoms with van der Waals surface area (Å²) in [7, 11) is -1.77. The van der Waals surface area contributed by atoms with Crippen molar-refractivity contribution in [1.82, 2.24) is 18.8 Å². The average Bonchev–Trinajstić information content (AvgIpc) is 2.66. The number of nitrogens with zero attached hydrogens (tertiary/aromatic N) is 3. The Bertz CT molecular complexity index is 638. The summed E-state index contributed by atoms with van der Waals surface area (Å²) in [6, 6.07) is -0.375. The topological polar surface area (TPSA) is 90.0 Å². The molecule has 8 nitrogen and oxygen atoms in total. The lowest BCUT2D eigenvalue weighted by molar-refractivity contribution is -0.128. The van der Waals surface area contributed by atoms with Crippen LogP contribution in [-0.4, -0.2) is 85.5 Å². The molecular formula is C19H36N4O4S. The Kier molecular flexibility index (Phi) is 8.42. The Hall–Kier alpha value is -1.03. The number of rotatable bonds is 8. The maximum Gasteiger partial charge on any atom is 0.282 e. The minimum atomic E-state index is -3.46. The Labute approximate surface area is 169 Å². The third-order valence-corrected chi connectivity index (χ3v) is 7.94. The van der Waals surface area contributed by atoms with Gasteiger partial charge >= 0.3 is 0 Å². The fraction of sp³-hybridized carbons (Fsp3) is 0.895. The number of carbonyl (C=O) groups excluding carboxylic acids is 2. The summed E-state index contributed by atoms with van der Waals surface area (Å²) >= 11 is 0. The third-order valence-electron chi connectivity index (χ3n) is 5.90. The molecule has 1 saturated heterocycles. The number of piperazine rings is 1. The normalized spacial score (nSPS) is 21.8. The van der Waals surface area contributed by atoms with E-state index < -0.39 is 16.3 Å². The molecule has 1 saturated carbocycles. The summed E-state index contributed by atoms with van der Waals surface area (Å²) < 4.78 is 28.9. The first-order valence-electron chi connectivity index (χ1n) is 10.4. The molecule has 2 aliphatic rings. The van der Waals surface area contributed by atoms with E-state index in [-0.39, 0.29) is 30.2 Å². The van der Waals surface area contributed by atoms with Crippen LogP contribution < -0.4 is 5.32 Å². The Morgan fingerprint density at radius 3 is 2.14 bits per heavy atom. The molecule has 1 aliphatic heterocycles. The molecule has 162 valence electrons. The molecule has 0 aromatic rings. The first-order chi connectivity index (χ1) is 13.1. The van der Waals surface area contributed by atoms with Gasteiger partial charge in [-0.25, -0.2) is 0 Å². The van der Waals surface area contributed by atoms with Crippen LogP contribution in [0.5, 0.6) is 0 Å². The molecule has 0 aromatic heterocycles. The first-order valence-corrected chi connectivity index (χ1v) is 11.8. The predicted octanol–water partition coefficient (Wildman–Crippen LogP) is 0.843. The van der Waals surface area contributed by atoms with Gasteiger partial charge in [0.1, 0.15) is 0 Å². The van der Waals surface area contributed by atoms with E-state index in [9.17, 15) is 18.0 Å². The maximum absolute atomic E-state index is 12.9. The van der Waals surface area contributed by atoms with E-state index in [4.69, 9.17) is 0 Å². The SMILES string of the molecule is CC(=O)C(NC(=O)CN1CCN(S(=O)(=O)N(C)C2CCCCC2)CC1)C(C)C. The molecule has 0 aromatic carbocycles. The van der Waals surface area contributed by atoms with E-state index in [1.54, 1.807) is 11.4 Å². The van der Waals surface area contributed by atoms with Crippen LogP contribution >= 0.6 is 0 Å². The minimum absolute atomic E-state index is 0.0405. The minimum Gasteiger partial charge on any atom is -0.345 e. The second-order valence-corrected chi connectivity index (χ2v) is 10.4. The second-order valence-electron chi connectivity index (χ2n) is 8.39. The largest absolute Gasteiger partial charge is 0.345 e. The van der Waals surface area contributed by atoms with Gasteiger partial charge in [-0.15, -0.1) is 0 Å². The molecular weight excluding hydrogens is 380 g/mol. The summed E-state index contributed by atoms with van der Waals surface area (Å²) in [5.41, 5.74) is 0. The highest BCUT2D eigenvalue weighted by atomic mass is 32.2. The number of Topliss-reactive ketones (excluding diaryl/α,β-unsaturated/α-hetero) is 1. The molecule has 9 heteroatoms. The van der Waals surface area contributed by atoms with E-state index in [2.05, 4.69) is 5.32 Å². The summed E-state index contributed by atoms with van der Waals surface area (Å²) in [6.07, 6.45) is 5.23. The number of hydrogen-bond acceptors (Lipinski definition) is 5. The standard InChI is InChI=1S/C19H36N4O4S/c1-15(2)19(16(3)24)20-18(25)14-22-10-12-23(13-11-22)28(26,27)21(4)17-8-6-5-7-9-17/h15,17,19H,5-14H2,1-4H3,(H,20,25). The Morgan fingerprint density at radius 1 is 1.07 bits per heavy atom. The van der Waals surface area contributed by atoms with Crippen LogP contribution in [0.4, 0.5) is 0 Å². The summed E-state index contributed by atoms with van der Waals surface area (Å²) in [5.74, 6) is -0.201. The molecule has 1 amide bonds. The summed E-state index contributed by atoms with van der Waals surface area (Å²) in [5, 5.41) is 2.80. The molecule has 1 aliphatic carbocycles. The van der Waals surface area contributed by atoms with Crippen LogP contribution in [0.2, 0.25) is 0 Å².